The van der Waals surface area contributed by atoms with E-state index in [9.17, 15) is 9.90 Å². The lowest BCUT2D eigenvalue weighted by Gasteiger charge is -2.34. The molecule has 0 aromatic heterocycles. The molecule has 3 rings (SSSR count). The summed E-state index contributed by atoms with van der Waals surface area (Å²) < 4.78 is 5.69. The van der Waals surface area contributed by atoms with Gasteiger partial charge in [-0.2, -0.15) is 0 Å². The number of phenolic OH excluding ortho intramolecular Hbond substituents is 1. The second-order valence-electron chi connectivity index (χ2n) is 9.16. The lowest BCUT2D eigenvalue weighted by molar-refractivity contribution is 0.101. The Bertz CT molecular complexity index is 832. The summed E-state index contributed by atoms with van der Waals surface area (Å²) in [6.45, 7) is 9.16. The minimum Gasteiger partial charge on any atom is -0.507 e. The molecule has 2 aromatic rings. The Morgan fingerprint density at radius 3 is 2.15 bits per heavy atom. The number of phenols is 1. The van der Waals surface area contributed by atoms with E-state index in [1.807, 2.05) is 0 Å². The molecule has 180 valence electrons. The van der Waals surface area contributed by atoms with Gasteiger partial charge in [-0.15, -0.1) is 0 Å². The Balaban J connectivity index is 1.14. The van der Waals surface area contributed by atoms with Gasteiger partial charge in [-0.05, 0) is 44.0 Å². The van der Waals surface area contributed by atoms with Gasteiger partial charge >= 0.3 is 0 Å². The summed E-state index contributed by atoms with van der Waals surface area (Å²) in [4.78, 5) is 16.5. The Hall–Kier alpha value is -2.37. The smallest absolute Gasteiger partial charge is 0.163 e. The number of Topliss-reactive ketones (excluding diaryl/α,β-unsaturated/α-hetero) is 1. The Morgan fingerprint density at radius 1 is 0.848 bits per heavy atom. The molecule has 0 saturated carbocycles. The average molecular weight is 453 g/mol. The third-order valence-corrected chi connectivity index (χ3v) is 6.45. The number of unbranched alkanes of at least 4 members (excludes halogenated alkanes) is 6. The van der Waals surface area contributed by atoms with Crippen molar-refractivity contribution < 1.29 is 14.6 Å². The fraction of sp³-hybridized carbons (Fsp3) is 0.536. The molecule has 0 unspecified atom stereocenters. The molecule has 1 fully saturated rings. The number of piperazine rings is 1. The van der Waals surface area contributed by atoms with Crippen molar-refractivity contribution >= 4 is 5.78 Å². The van der Waals surface area contributed by atoms with Crippen LogP contribution in [0.25, 0.3) is 0 Å². The van der Waals surface area contributed by atoms with Crippen LogP contribution in [0, 0.1) is 0 Å². The van der Waals surface area contributed by atoms with Crippen LogP contribution in [0.4, 0.5) is 0 Å². The van der Waals surface area contributed by atoms with Crippen molar-refractivity contribution in [2.24, 2.45) is 0 Å². The van der Waals surface area contributed by atoms with Crippen LogP contribution < -0.4 is 4.74 Å². The molecule has 0 bridgehead atoms. The quantitative estimate of drug-likeness (QED) is 0.302. The van der Waals surface area contributed by atoms with E-state index in [0.717, 1.165) is 13.0 Å². The standard InChI is InChI=1S/C28H40N2O3/c1-24(31)27-15-14-26(22-28(27)32)33-21-11-6-4-2-3-5-10-16-29-17-19-30(20-18-29)23-25-12-8-7-9-13-25/h7-9,12-15,22,32H,2-6,10-11,16-21,23H2,1H3. The zero-order chi connectivity index (χ0) is 23.3. The first-order valence-electron chi connectivity index (χ1n) is 12.6. The van der Waals surface area contributed by atoms with Crippen molar-refractivity contribution in [3.8, 4) is 11.5 Å². The number of ether oxygens (including phenoxy) is 1. The van der Waals surface area contributed by atoms with Gasteiger partial charge in [0.15, 0.2) is 5.78 Å². The molecule has 0 radical (unpaired) electrons. The number of benzene rings is 2. The van der Waals surface area contributed by atoms with Crippen molar-refractivity contribution in [2.75, 3.05) is 39.3 Å². The van der Waals surface area contributed by atoms with Crippen LogP contribution in [-0.2, 0) is 6.54 Å². The fourth-order valence-corrected chi connectivity index (χ4v) is 4.42. The van der Waals surface area contributed by atoms with Gasteiger partial charge in [0, 0.05) is 38.8 Å². The van der Waals surface area contributed by atoms with Crippen molar-refractivity contribution in [3.05, 3.63) is 59.7 Å². The minimum atomic E-state index is -0.138. The second-order valence-corrected chi connectivity index (χ2v) is 9.16. The van der Waals surface area contributed by atoms with Gasteiger partial charge in [-0.3, -0.25) is 9.69 Å². The lowest BCUT2D eigenvalue weighted by atomic mass is 10.1. The molecule has 0 amide bonds. The number of ketones is 1. The van der Waals surface area contributed by atoms with E-state index in [1.54, 1.807) is 12.1 Å². The third kappa shape index (κ3) is 9.18. The van der Waals surface area contributed by atoms with Crippen molar-refractivity contribution in [2.45, 2.75) is 58.4 Å². The van der Waals surface area contributed by atoms with E-state index in [1.165, 1.54) is 89.8 Å². The van der Waals surface area contributed by atoms with Gasteiger partial charge in [0.1, 0.15) is 11.5 Å². The molecule has 1 aliphatic heterocycles. The predicted octanol–water partition coefficient (Wildman–Crippen LogP) is 5.52. The molecule has 5 heteroatoms. The number of rotatable bonds is 14. The average Bonchev–Trinajstić information content (AvgIpc) is 2.82. The SMILES string of the molecule is CC(=O)c1ccc(OCCCCCCCCCN2CCN(Cc3ccccc3)CC2)cc1O. The number of nitrogens with zero attached hydrogens (tertiary/aromatic N) is 2. The summed E-state index contributed by atoms with van der Waals surface area (Å²) in [5.41, 5.74) is 1.76. The van der Waals surface area contributed by atoms with Gasteiger partial charge in [0.25, 0.3) is 0 Å². The first-order chi connectivity index (χ1) is 16.1. The van der Waals surface area contributed by atoms with Crippen LogP contribution >= 0.6 is 0 Å². The third-order valence-electron chi connectivity index (χ3n) is 6.45. The molecule has 1 saturated heterocycles. The van der Waals surface area contributed by atoms with E-state index in [-0.39, 0.29) is 11.5 Å². The van der Waals surface area contributed by atoms with Crippen molar-refractivity contribution in [3.63, 3.8) is 0 Å². The molecule has 1 aliphatic rings. The van der Waals surface area contributed by atoms with Crippen LogP contribution in [0.1, 0.15) is 67.8 Å². The number of carbonyl (C=O) groups is 1. The van der Waals surface area contributed by atoms with Crippen molar-refractivity contribution in [1.29, 1.82) is 0 Å². The maximum Gasteiger partial charge on any atom is 0.163 e. The summed E-state index contributed by atoms with van der Waals surface area (Å²) >= 11 is 0. The normalized spacial score (nSPS) is 14.9. The molecule has 2 aromatic carbocycles. The summed E-state index contributed by atoms with van der Waals surface area (Å²) in [5.74, 6) is 0.480. The summed E-state index contributed by atoms with van der Waals surface area (Å²) in [6, 6.07) is 15.7. The van der Waals surface area contributed by atoms with Crippen LogP contribution in [0.2, 0.25) is 0 Å². The molecule has 33 heavy (non-hydrogen) atoms. The van der Waals surface area contributed by atoms with E-state index in [4.69, 9.17) is 4.74 Å². The largest absolute Gasteiger partial charge is 0.507 e. The van der Waals surface area contributed by atoms with E-state index in [2.05, 4.69) is 40.1 Å². The first kappa shape index (κ1) is 25.3. The number of aromatic hydroxyl groups is 1. The van der Waals surface area contributed by atoms with E-state index in [0.29, 0.717) is 17.9 Å². The zero-order valence-corrected chi connectivity index (χ0v) is 20.2. The molecule has 1 N–H and O–H groups in total. The first-order valence-corrected chi connectivity index (χ1v) is 12.6. The zero-order valence-electron chi connectivity index (χ0n) is 20.2. The maximum atomic E-state index is 11.3. The summed E-state index contributed by atoms with van der Waals surface area (Å²) in [7, 11) is 0. The summed E-state index contributed by atoms with van der Waals surface area (Å²) in [5, 5.41) is 9.85. The molecule has 5 nitrogen and oxygen atoms in total. The topological polar surface area (TPSA) is 53.0 Å². The summed E-state index contributed by atoms with van der Waals surface area (Å²) in [6.07, 6.45) is 8.66. The Kier molecular flexibility index (Phi) is 10.7. The van der Waals surface area contributed by atoms with Crippen LogP contribution in [0.5, 0.6) is 11.5 Å². The van der Waals surface area contributed by atoms with Gasteiger partial charge < -0.3 is 14.7 Å². The van der Waals surface area contributed by atoms with Gasteiger partial charge in [0.05, 0.1) is 12.2 Å². The highest BCUT2D eigenvalue weighted by Crippen LogP contribution is 2.24. The highest BCUT2D eigenvalue weighted by molar-refractivity contribution is 5.96. The molecular weight excluding hydrogens is 412 g/mol. The highest BCUT2D eigenvalue weighted by atomic mass is 16.5. The molecule has 0 aliphatic carbocycles. The fourth-order valence-electron chi connectivity index (χ4n) is 4.42. The lowest BCUT2D eigenvalue weighted by Crippen LogP contribution is -2.46. The number of hydrogen-bond donors (Lipinski definition) is 1. The van der Waals surface area contributed by atoms with Gasteiger partial charge in [-0.1, -0.05) is 62.4 Å². The second kappa shape index (κ2) is 14.0. The maximum absolute atomic E-state index is 11.3. The minimum absolute atomic E-state index is 0.00550. The van der Waals surface area contributed by atoms with Gasteiger partial charge in [0.2, 0.25) is 0 Å². The van der Waals surface area contributed by atoms with Gasteiger partial charge in [-0.25, -0.2) is 0 Å². The molecule has 0 spiro atoms. The molecule has 0 atom stereocenters. The number of hydrogen-bond acceptors (Lipinski definition) is 5. The monoisotopic (exact) mass is 452 g/mol. The molecular formula is C28H40N2O3. The van der Waals surface area contributed by atoms with Crippen LogP contribution in [0.15, 0.2) is 48.5 Å². The van der Waals surface area contributed by atoms with E-state index >= 15 is 0 Å². The highest BCUT2D eigenvalue weighted by Gasteiger charge is 2.16. The molecule has 1 heterocycles. The Labute approximate surface area is 199 Å². The van der Waals surface area contributed by atoms with E-state index < -0.39 is 0 Å². The Morgan fingerprint density at radius 2 is 1.48 bits per heavy atom. The van der Waals surface area contributed by atoms with Crippen LogP contribution in [0.3, 0.4) is 0 Å². The van der Waals surface area contributed by atoms with Crippen LogP contribution in [-0.4, -0.2) is 60.0 Å². The number of carbonyl (C=O) groups excluding carboxylic acids is 1. The predicted molar refractivity (Wildman–Crippen MR) is 134 cm³/mol. The van der Waals surface area contributed by atoms with Crippen molar-refractivity contribution in [1.82, 2.24) is 9.80 Å².